The second-order valence-corrected chi connectivity index (χ2v) is 16.2. The lowest BCUT2D eigenvalue weighted by Crippen LogP contribution is -2.19. The lowest BCUT2D eigenvalue weighted by molar-refractivity contribution is 0.650. The molecule has 0 saturated heterocycles. The third-order valence-corrected chi connectivity index (χ3v) is 12.3. The van der Waals surface area contributed by atoms with Gasteiger partial charge in [-0.2, -0.15) is 0 Å². The number of nitrogens with zero attached hydrogens (tertiary/aromatic N) is 3. The van der Waals surface area contributed by atoms with Crippen molar-refractivity contribution >= 4 is 21.8 Å². The summed E-state index contributed by atoms with van der Waals surface area (Å²) < 4.78 is 2.54. The first kappa shape index (κ1) is 31.9. The Labute approximate surface area is 321 Å². The minimum Gasteiger partial charge on any atom is -0.309 e. The third kappa shape index (κ3) is 4.44. The van der Waals surface area contributed by atoms with Crippen LogP contribution in [0.2, 0.25) is 0 Å². The van der Waals surface area contributed by atoms with Gasteiger partial charge in [-0.3, -0.25) is 0 Å². The molecule has 0 N–H and O–H groups in total. The van der Waals surface area contributed by atoms with E-state index in [1.807, 2.05) is 24.3 Å². The monoisotopic (exact) mass is 705 g/mol. The van der Waals surface area contributed by atoms with E-state index in [4.69, 9.17) is 9.97 Å². The summed E-state index contributed by atoms with van der Waals surface area (Å²) in [7, 11) is 0. The molecule has 0 saturated carbocycles. The van der Waals surface area contributed by atoms with E-state index >= 15 is 0 Å². The van der Waals surface area contributed by atoms with E-state index in [2.05, 4.69) is 172 Å². The molecule has 2 aromatic heterocycles. The maximum atomic E-state index is 5.14. The summed E-state index contributed by atoms with van der Waals surface area (Å²) in [5, 5.41) is 2.64. The standard InChI is InChI=1S/C52H39N3/c1-51(2)39-24-14-11-21-36(39)44-45-38-23-13-16-26-43(38)55(49(45)48-46(47(44)51)37-22-12-15-25-40(37)52(48,3)4)35-29-27-33(28-30-35)42-31-41(32-17-7-5-8-18-32)53-50(54-42)34-19-9-6-10-20-34/h5-31H,1-4H3. The van der Waals surface area contributed by atoms with E-state index in [0.717, 1.165) is 39.6 Å². The van der Waals surface area contributed by atoms with Crippen molar-refractivity contribution in [1.29, 1.82) is 0 Å². The maximum absolute atomic E-state index is 5.14. The van der Waals surface area contributed by atoms with Gasteiger partial charge in [0, 0.05) is 44.0 Å². The van der Waals surface area contributed by atoms with Crippen molar-refractivity contribution in [2.24, 2.45) is 0 Å². The molecule has 0 fully saturated rings. The first-order chi connectivity index (χ1) is 26.8. The van der Waals surface area contributed by atoms with Crippen LogP contribution in [0, 0.1) is 0 Å². The van der Waals surface area contributed by atoms with Gasteiger partial charge in [0.15, 0.2) is 5.82 Å². The predicted molar refractivity (Wildman–Crippen MR) is 228 cm³/mol. The van der Waals surface area contributed by atoms with Gasteiger partial charge >= 0.3 is 0 Å². The molecule has 0 radical (unpaired) electrons. The second kappa shape index (κ2) is 11.5. The first-order valence-corrected chi connectivity index (χ1v) is 19.3. The second-order valence-electron chi connectivity index (χ2n) is 16.2. The molecule has 7 aromatic carbocycles. The highest BCUT2D eigenvalue weighted by Gasteiger charge is 2.47. The van der Waals surface area contributed by atoms with E-state index in [9.17, 15) is 0 Å². The highest BCUT2D eigenvalue weighted by Crippen LogP contribution is 2.63. The molecular weight excluding hydrogens is 667 g/mol. The van der Waals surface area contributed by atoms with Crippen molar-refractivity contribution in [3.05, 3.63) is 186 Å². The Morgan fingerprint density at radius 3 is 1.62 bits per heavy atom. The van der Waals surface area contributed by atoms with Crippen LogP contribution in [0.4, 0.5) is 0 Å². The van der Waals surface area contributed by atoms with Gasteiger partial charge in [0.2, 0.25) is 0 Å². The molecule has 0 amide bonds. The SMILES string of the molecule is CC1(C)c2ccccc2-c2c1c1c(c3c2c2ccccc2n3-c2ccc(-c3cc(-c4ccccc4)nc(-c4ccccc4)n3)cc2)C(C)(C)c2ccccc2-1. The van der Waals surface area contributed by atoms with Crippen LogP contribution in [0.15, 0.2) is 164 Å². The molecule has 0 aliphatic heterocycles. The molecule has 262 valence electrons. The third-order valence-electron chi connectivity index (χ3n) is 12.3. The molecule has 3 nitrogen and oxygen atoms in total. The lowest BCUT2D eigenvalue weighted by Gasteiger charge is -2.28. The summed E-state index contributed by atoms with van der Waals surface area (Å²) in [4.78, 5) is 10.2. The number of fused-ring (bicyclic) bond motifs is 12. The van der Waals surface area contributed by atoms with Gasteiger partial charge in [-0.25, -0.2) is 9.97 Å². The zero-order valence-corrected chi connectivity index (χ0v) is 31.4. The lowest BCUT2D eigenvalue weighted by atomic mass is 9.76. The molecule has 2 aliphatic rings. The van der Waals surface area contributed by atoms with Crippen LogP contribution in [0.25, 0.3) is 83.6 Å². The largest absolute Gasteiger partial charge is 0.309 e. The summed E-state index contributed by atoms with van der Waals surface area (Å²) >= 11 is 0. The van der Waals surface area contributed by atoms with Crippen molar-refractivity contribution < 1.29 is 0 Å². The minimum absolute atomic E-state index is 0.155. The quantitative estimate of drug-likeness (QED) is 0.182. The van der Waals surface area contributed by atoms with E-state index in [1.54, 1.807) is 0 Å². The van der Waals surface area contributed by atoms with Crippen LogP contribution in [0.3, 0.4) is 0 Å². The summed E-state index contributed by atoms with van der Waals surface area (Å²) in [6, 6.07) is 59.0. The van der Waals surface area contributed by atoms with Gasteiger partial charge in [0.25, 0.3) is 0 Å². The molecule has 2 heterocycles. The average molecular weight is 706 g/mol. The molecule has 11 rings (SSSR count). The van der Waals surface area contributed by atoms with Gasteiger partial charge in [-0.15, -0.1) is 0 Å². The molecule has 3 heteroatoms. The Morgan fingerprint density at radius 1 is 0.455 bits per heavy atom. The van der Waals surface area contributed by atoms with Crippen LogP contribution in [0.5, 0.6) is 0 Å². The highest BCUT2D eigenvalue weighted by molar-refractivity contribution is 6.22. The molecule has 55 heavy (non-hydrogen) atoms. The Balaban J connectivity index is 1.19. The van der Waals surface area contributed by atoms with E-state index in [-0.39, 0.29) is 10.8 Å². The average Bonchev–Trinajstić information content (AvgIpc) is 3.78. The summed E-state index contributed by atoms with van der Waals surface area (Å²) in [6.07, 6.45) is 0. The van der Waals surface area contributed by atoms with E-state index in [0.29, 0.717) is 0 Å². The first-order valence-electron chi connectivity index (χ1n) is 19.3. The topological polar surface area (TPSA) is 30.7 Å². The highest BCUT2D eigenvalue weighted by atomic mass is 15.0. The molecule has 9 aromatic rings. The van der Waals surface area contributed by atoms with Crippen molar-refractivity contribution in [2.75, 3.05) is 0 Å². The molecule has 2 aliphatic carbocycles. The van der Waals surface area contributed by atoms with Crippen molar-refractivity contribution in [1.82, 2.24) is 14.5 Å². The molecule has 0 bridgehead atoms. The summed E-state index contributed by atoms with van der Waals surface area (Å²) in [5.41, 5.74) is 19.4. The number of hydrogen-bond donors (Lipinski definition) is 0. The van der Waals surface area contributed by atoms with Gasteiger partial charge in [-0.1, -0.05) is 167 Å². The summed E-state index contributed by atoms with van der Waals surface area (Å²) in [5.74, 6) is 0.720. The fraction of sp³-hybridized carbons (Fsp3) is 0.115. The zero-order chi connectivity index (χ0) is 37.1. The van der Waals surface area contributed by atoms with Gasteiger partial charge in [-0.05, 0) is 68.8 Å². The molecule has 0 atom stereocenters. The van der Waals surface area contributed by atoms with E-state index < -0.39 is 0 Å². The normalized spacial score (nSPS) is 14.5. The number of rotatable bonds is 4. The van der Waals surface area contributed by atoms with Crippen LogP contribution in [-0.2, 0) is 10.8 Å². The minimum atomic E-state index is -0.210. The van der Waals surface area contributed by atoms with Crippen LogP contribution < -0.4 is 0 Å². The van der Waals surface area contributed by atoms with Gasteiger partial charge in [0.1, 0.15) is 0 Å². The Bertz CT molecular complexity index is 2950. The number of aromatic nitrogens is 3. The molecule has 0 unspecified atom stereocenters. The molecule has 0 spiro atoms. The van der Waals surface area contributed by atoms with E-state index in [1.165, 1.54) is 66.3 Å². The smallest absolute Gasteiger partial charge is 0.160 e. The summed E-state index contributed by atoms with van der Waals surface area (Å²) in [6.45, 7) is 9.70. The van der Waals surface area contributed by atoms with Crippen molar-refractivity contribution in [3.8, 4) is 61.8 Å². The van der Waals surface area contributed by atoms with Gasteiger partial charge in [0.05, 0.1) is 22.4 Å². The Morgan fingerprint density at radius 2 is 0.964 bits per heavy atom. The van der Waals surface area contributed by atoms with Gasteiger partial charge < -0.3 is 4.57 Å². The Kier molecular flexibility index (Phi) is 6.65. The molecular formula is C52H39N3. The predicted octanol–water partition coefficient (Wildman–Crippen LogP) is 13.2. The van der Waals surface area contributed by atoms with Crippen molar-refractivity contribution in [2.45, 2.75) is 38.5 Å². The Hall–Kier alpha value is -6.58. The number of benzene rings is 7. The number of para-hydroxylation sites is 1. The van der Waals surface area contributed by atoms with Crippen LogP contribution in [-0.4, -0.2) is 14.5 Å². The number of hydrogen-bond acceptors (Lipinski definition) is 2. The fourth-order valence-corrected chi connectivity index (χ4v) is 9.87. The fourth-order valence-electron chi connectivity index (χ4n) is 9.87. The van der Waals surface area contributed by atoms with Crippen LogP contribution in [0.1, 0.15) is 49.9 Å². The van der Waals surface area contributed by atoms with Crippen LogP contribution >= 0.6 is 0 Å². The van der Waals surface area contributed by atoms with Crippen molar-refractivity contribution in [3.63, 3.8) is 0 Å². The zero-order valence-electron chi connectivity index (χ0n) is 31.4. The maximum Gasteiger partial charge on any atom is 0.160 e.